The van der Waals surface area contributed by atoms with Crippen LogP contribution in [0.5, 0.6) is 0 Å². The van der Waals surface area contributed by atoms with E-state index in [9.17, 15) is 14.7 Å². The number of carbonyl (C=O) groups excluding carboxylic acids is 1. The van der Waals surface area contributed by atoms with E-state index in [0.717, 1.165) is 26.6 Å². The molecule has 1 aliphatic carbocycles. The number of thiazole rings is 1. The predicted octanol–water partition coefficient (Wildman–Crippen LogP) is 5.93. The average molecular weight is 489 g/mol. The third-order valence-electron chi connectivity index (χ3n) is 6.28. The Morgan fingerprint density at radius 2 is 1.80 bits per heavy atom. The summed E-state index contributed by atoms with van der Waals surface area (Å²) >= 11 is 1.42. The molecule has 1 saturated carbocycles. The van der Waals surface area contributed by atoms with Gasteiger partial charge in [-0.25, -0.2) is 9.78 Å². The Hall–Kier alpha value is -3.98. The molecule has 2 heterocycles. The molecule has 1 fully saturated rings. The maximum atomic E-state index is 12.6. The van der Waals surface area contributed by atoms with Crippen LogP contribution in [0.1, 0.15) is 42.0 Å². The number of H-pyrrole nitrogens is 1. The highest BCUT2D eigenvalue weighted by Crippen LogP contribution is 2.51. The molecule has 1 amide bonds. The highest BCUT2D eigenvalue weighted by Gasteiger charge is 2.53. The first-order chi connectivity index (χ1) is 16.9. The van der Waals surface area contributed by atoms with Crippen LogP contribution in [-0.4, -0.2) is 32.4 Å². The third kappa shape index (κ3) is 4.42. The minimum Gasteiger partial charge on any atom is -0.481 e. The summed E-state index contributed by atoms with van der Waals surface area (Å²) in [7, 11) is 0. The number of hydrogen-bond acceptors (Lipinski definition) is 6. The van der Waals surface area contributed by atoms with Crippen molar-refractivity contribution in [2.45, 2.75) is 38.2 Å². The first-order valence-corrected chi connectivity index (χ1v) is 12.1. The van der Waals surface area contributed by atoms with Crippen LogP contribution in [-0.2, 0) is 14.9 Å². The van der Waals surface area contributed by atoms with Gasteiger partial charge in [0.1, 0.15) is 16.5 Å². The molecule has 4 aromatic rings. The average Bonchev–Trinajstić information content (AvgIpc) is 3.40. The van der Waals surface area contributed by atoms with Crippen LogP contribution in [0.4, 0.5) is 10.5 Å². The van der Waals surface area contributed by atoms with E-state index >= 15 is 0 Å². The van der Waals surface area contributed by atoms with Crippen LogP contribution in [0.15, 0.2) is 60.8 Å². The lowest BCUT2D eigenvalue weighted by Gasteiger charge is -2.14. The predicted molar refractivity (Wildman–Crippen MR) is 133 cm³/mol. The standard InChI is InChI=1S/C26H24N4O4S/c1-15-21(28-25(33)34-16(2)17-6-4-3-5-7-17)22(30-29-15)18-8-10-19(11-9-18)23-27-14-20(35-23)26(12-13-26)24(31)32/h3-11,14,16H,12-13H2,1-2H3,(H,28,33)(H,29,30)(H,31,32). The number of amides is 1. The number of carboxylic acid groups (broad SMARTS) is 1. The quantitative estimate of drug-likeness (QED) is 0.297. The number of carboxylic acids is 1. The lowest BCUT2D eigenvalue weighted by molar-refractivity contribution is -0.139. The molecule has 2 aromatic heterocycles. The summed E-state index contributed by atoms with van der Waals surface area (Å²) in [4.78, 5) is 29.4. The second kappa shape index (κ2) is 8.99. The normalized spacial score (nSPS) is 14.8. The zero-order valence-electron chi connectivity index (χ0n) is 19.2. The summed E-state index contributed by atoms with van der Waals surface area (Å²) in [6.07, 6.45) is 2.03. The lowest BCUT2D eigenvalue weighted by Crippen LogP contribution is -2.17. The van der Waals surface area contributed by atoms with Gasteiger partial charge < -0.3 is 9.84 Å². The van der Waals surface area contributed by atoms with Crippen LogP contribution >= 0.6 is 11.3 Å². The number of benzene rings is 2. The van der Waals surface area contributed by atoms with Gasteiger partial charge in [-0.3, -0.25) is 15.2 Å². The van der Waals surface area contributed by atoms with Gasteiger partial charge in [0.05, 0.1) is 17.1 Å². The summed E-state index contributed by atoms with van der Waals surface area (Å²) in [6.45, 7) is 3.63. The number of aryl methyl sites for hydroxylation is 1. The number of hydrogen-bond donors (Lipinski definition) is 3. The van der Waals surface area contributed by atoms with E-state index in [0.29, 0.717) is 29.9 Å². The second-order valence-corrected chi connectivity index (χ2v) is 9.67. The van der Waals surface area contributed by atoms with Crippen molar-refractivity contribution < 1.29 is 19.4 Å². The molecular formula is C26H24N4O4S. The van der Waals surface area contributed by atoms with E-state index in [-0.39, 0.29) is 0 Å². The van der Waals surface area contributed by atoms with Gasteiger partial charge in [0.25, 0.3) is 0 Å². The zero-order valence-corrected chi connectivity index (χ0v) is 20.1. The van der Waals surface area contributed by atoms with E-state index in [1.165, 1.54) is 11.3 Å². The summed E-state index contributed by atoms with van der Waals surface area (Å²) in [5.74, 6) is -0.783. The fraction of sp³-hybridized carbons (Fsp3) is 0.231. The van der Waals surface area contributed by atoms with Crippen molar-refractivity contribution >= 4 is 29.1 Å². The number of aliphatic carboxylic acids is 1. The van der Waals surface area contributed by atoms with Gasteiger partial charge in [0.2, 0.25) is 0 Å². The molecule has 178 valence electrons. The number of rotatable bonds is 7. The van der Waals surface area contributed by atoms with Crippen LogP contribution in [0.25, 0.3) is 21.8 Å². The number of anilines is 1. The molecule has 8 nitrogen and oxygen atoms in total. The third-order valence-corrected chi connectivity index (χ3v) is 7.53. The molecule has 1 atom stereocenters. The van der Waals surface area contributed by atoms with Gasteiger partial charge in [-0.15, -0.1) is 11.3 Å². The first kappa shape index (κ1) is 22.8. The Labute approximate surface area is 206 Å². The molecule has 1 aliphatic rings. The highest BCUT2D eigenvalue weighted by molar-refractivity contribution is 7.15. The molecule has 0 bridgehead atoms. The lowest BCUT2D eigenvalue weighted by atomic mass is 10.1. The van der Waals surface area contributed by atoms with E-state index in [4.69, 9.17) is 4.74 Å². The van der Waals surface area contributed by atoms with Crippen molar-refractivity contribution in [2.75, 3.05) is 5.32 Å². The molecular weight excluding hydrogens is 464 g/mol. The fourth-order valence-corrected chi connectivity index (χ4v) is 5.14. The summed E-state index contributed by atoms with van der Waals surface area (Å²) in [5.41, 5.74) is 3.74. The Kier molecular flexibility index (Phi) is 5.86. The van der Waals surface area contributed by atoms with E-state index in [2.05, 4.69) is 20.5 Å². The number of aromatic amines is 1. The van der Waals surface area contributed by atoms with Gasteiger partial charge in [0.15, 0.2) is 0 Å². The molecule has 0 spiro atoms. The first-order valence-electron chi connectivity index (χ1n) is 11.3. The summed E-state index contributed by atoms with van der Waals surface area (Å²) in [5, 5.41) is 20.4. The van der Waals surface area contributed by atoms with Gasteiger partial charge in [-0.05, 0) is 32.3 Å². The van der Waals surface area contributed by atoms with Crippen molar-refractivity contribution in [3.05, 3.63) is 76.9 Å². The van der Waals surface area contributed by atoms with Gasteiger partial charge in [-0.2, -0.15) is 5.10 Å². The molecule has 0 aliphatic heterocycles. The zero-order chi connectivity index (χ0) is 24.6. The van der Waals surface area contributed by atoms with Crippen molar-refractivity contribution in [3.63, 3.8) is 0 Å². The minimum absolute atomic E-state index is 0.398. The topological polar surface area (TPSA) is 117 Å². The van der Waals surface area contributed by atoms with Crippen LogP contribution in [0, 0.1) is 6.92 Å². The smallest absolute Gasteiger partial charge is 0.412 e. The van der Waals surface area contributed by atoms with Crippen molar-refractivity contribution in [1.82, 2.24) is 15.2 Å². The number of aromatic nitrogens is 3. The monoisotopic (exact) mass is 488 g/mol. The Bertz CT molecular complexity index is 1370. The molecule has 1 unspecified atom stereocenters. The SMILES string of the molecule is Cc1n[nH]c(-c2ccc(-c3ncc(C4(C(=O)O)CC4)s3)cc2)c1NC(=O)OC(C)c1ccccc1. The maximum absolute atomic E-state index is 12.6. The van der Waals surface area contributed by atoms with Crippen molar-refractivity contribution in [1.29, 1.82) is 0 Å². The van der Waals surface area contributed by atoms with Crippen LogP contribution in [0.2, 0.25) is 0 Å². The van der Waals surface area contributed by atoms with Crippen molar-refractivity contribution in [3.8, 4) is 21.8 Å². The largest absolute Gasteiger partial charge is 0.481 e. The molecule has 3 N–H and O–H groups in total. The van der Waals surface area contributed by atoms with Crippen LogP contribution < -0.4 is 5.32 Å². The number of ether oxygens (including phenoxy) is 1. The molecule has 0 saturated heterocycles. The highest BCUT2D eigenvalue weighted by atomic mass is 32.1. The molecule has 5 rings (SSSR count). The molecule has 35 heavy (non-hydrogen) atoms. The second-order valence-electron chi connectivity index (χ2n) is 8.64. The number of carbonyl (C=O) groups is 2. The number of nitrogens with one attached hydrogen (secondary N) is 2. The minimum atomic E-state index is -0.783. The fourth-order valence-electron chi connectivity index (χ4n) is 3.98. The van der Waals surface area contributed by atoms with Crippen LogP contribution in [0.3, 0.4) is 0 Å². The molecule has 0 radical (unpaired) electrons. The van der Waals surface area contributed by atoms with E-state index in [1.807, 2.05) is 61.5 Å². The number of nitrogens with zero attached hydrogens (tertiary/aromatic N) is 2. The summed E-state index contributed by atoms with van der Waals surface area (Å²) < 4.78 is 5.54. The van der Waals surface area contributed by atoms with E-state index in [1.54, 1.807) is 13.1 Å². The van der Waals surface area contributed by atoms with E-state index < -0.39 is 23.6 Å². The molecule has 2 aromatic carbocycles. The Morgan fingerprint density at radius 3 is 2.46 bits per heavy atom. The van der Waals surface area contributed by atoms with Gasteiger partial charge in [-0.1, -0.05) is 54.6 Å². The van der Waals surface area contributed by atoms with Gasteiger partial charge in [0, 0.05) is 22.2 Å². The molecule has 9 heteroatoms. The Balaban J connectivity index is 1.31. The maximum Gasteiger partial charge on any atom is 0.412 e. The van der Waals surface area contributed by atoms with Gasteiger partial charge >= 0.3 is 12.1 Å². The van der Waals surface area contributed by atoms with Crippen molar-refractivity contribution in [2.24, 2.45) is 0 Å². The summed E-state index contributed by atoms with van der Waals surface area (Å²) in [6, 6.07) is 17.2. The Morgan fingerprint density at radius 1 is 1.11 bits per heavy atom.